The Hall–Kier alpha value is -1.07. The molecule has 0 spiro atoms. The highest BCUT2D eigenvalue weighted by Gasteiger charge is 2.22. The molecule has 21 heavy (non-hydrogen) atoms. The number of hydrogen-bond donors (Lipinski definition) is 1. The molecule has 112 valence electrons. The molecule has 3 nitrogen and oxygen atoms in total. The van der Waals surface area contributed by atoms with Gasteiger partial charge in [0.2, 0.25) is 0 Å². The molecule has 2 N–H and O–H groups in total. The molecule has 1 saturated carbocycles. The SMILES string of the molecule is COc1ccc(Br)cc1-c1nc(C2CCCCC2)sc1N. The lowest BCUT2D eigenvalue weighted by Gasteiger charge is -2.18. The number of thiazole rings is 1. The fourth-order valence-corrected chi connectivity index (χ4v) is 4.31. The maximum atomic E-state index is 6.24. The molecule has 3 rings (SSSR count). The third-order valence-corrected chi connectivity index (χ3v) is 5.58. The lowest BCUT2D eigenvalue weighted by Crippen LogP contribution is -2.03. The maximum Gasteiger partial charge on any atom is 0.128 e. The molecule has 1 aliphatic rings. The summed E-state index contributed by atoms with van der Waals surface area (Å²) < 4.78 is 6.46. The second kappa shape index (κ2) is 6.36. The van der Waals surface area contributed by atoms with E-state index in [1.807, 2.05) is 18.2 Å². The summed E-state index contributed by atoms with van der Waals surface area (Å²) in [7, 11) is 1.68. The molecule has 0 aliphatic heterocycles. The van der Waals surface area contributed by atoms with E-state index in [2.05, 4.69) is 15.9 Å². The van der Waals surface area contributed by atoms with Crippen molar-refractivity contribution >= 4 is 32.3 Å². The monoisotopic (exact) mass is 366 g/mol. The molecule has 0 saturated heterocycles. The summed E-state index contributed by atoms with van der Waals surface area (Å²) in [6, 6.07) is 5.93. The van der Waals surface area contributed by atoms with Gasteiger partial charge in [0.25, 0.3) is 0 Å². The number of benzene rings is 1. The van der Waals surface area contributed by atoms with Crippen LogP contribution in [0.2, 0.25) is 0 Å². The first-order valence-corrected chi connectivity index (χ1v) is 8.90. The number of rotatable bonds is 3. The number of nitrogens with zero attached hydrogens (tertiary/aromatic N) is 1. The highest BCUT2D eigenvalue weighted by Crippen LogP contribution is 2.42. The van der Waals surface area contributed by atoms with E-state index in [0.29, 0.717) is 5.92 Å². The molecule has 0 amide bonds. The lowest BCUT2D eigenvalue weighted by atomic mass is 9.90. The van der Waals surface area contributed by atoms with E-state index in [1.165, 1.54) is 37.1 Å². The summed E-state index contributed by atoms with van der Waals surface area (Å²) in [5.74, 6) is 1.39. The van der Waals surface area contributed by atoms with E-state index in [4.69, 9.17) is 15.5 Å². The van der Waals surface area contributed by atoms with Crippen LogP contribution in [0.1, 0.15) is 43.0 Å². The van der Waals surface area contributed by atoms with Gasteiger partial charge in [-0.25, -0.2) is 4.98 Å². The van der Waals surface area contributed by atoms with Gasteiger partial charge in [0.1, 0.15) is 16.4 Å². The molecule has 0 bridgehead atoms. The fourth-order valence-electron chi connectivity index (χ4n) is 2.93. The standard InChI is InChI=1S/C16H19BrN2OS/c1-20-13-8-7-11(17)9-12(13)14-15(18)21-16(19-14)10-5-3-2-4-6-10/h7-10H,2-6,18H2,1H3. The van der Waals surface area contributed by atoms with Crippen LogP contribution in [-0.4, -0.2) is 12.1 Å². The maximum absolute atomic E-state index is 6.24. The van der Waals surface area contributed by atoms with Crippen molar-refractivity contribution in [3.05, 3.63) is 27.7 Å². The second-order valence-corrected chi connectivity index (χ2v) is 7.42. The number of ether oxygens (including phenoxy) is 1. The fraction of sp³-hybridized carbons (Fsp3) is 0.438. The van der Waals surface area contributed by atoms with Gasteiger partial charge in [-0.1, -0.05) is 35.2 Å². The molecule has 0 atom stereocenters. The number of nitrogen functional groups attached to an aromatic ring is 1. The zero-order chi connectivity index (χ0) is 14.8. The Balaban J connectivity index is 1.99. The average Bonchev–Trinajstić information content (AvgIpc) is 2.90. The summed E-state index contributed by atoms with van der Waals surface area (Å²) in [6.07, 6.45) is 6.44. The number of hydrogen-bond acceptors (Lipinski definition) is 4. The number of halogens is 1. The van der Waals surface area contributed by atoms with E-state index in [0.717, 1.165) is 26.5 Å². The van der Waals surface area contributed by atoms with Crippen molar-refractivity contribution in [2.45, 2.75) is 38.0 Å². The van der Waals surface area contributed by atoms with Gasteiger partial charge in [-0.05, 0) is 31.0 Å². The second-order valence-electron chi connectivity index (χ2n) is 5.44. The van der Waals surface area contributed by atoms with Gasteiger partial charge in [-0.3, -0.25) is 0 Å². The summed E-state index contributed by atoms with van der Waals surface area (Å²) in [5.41, 5.74) is 8.06. The smallest absolute Gasteiger partial charge is 0.128 e. The van der Waals surface area contributed by atoms with Crippen LogP contribution in [0.3, 0.4) is 0 Å². The number of aromatic nitrogens is 1. The van der Waals surface area contributed by atoms with Crippen LogP contribution in [0.15, 0.2) is 22.7 Å². The predicted octanol–water partition coefficient (Wildman–Crippen LogP) is 5.21. The number of methoxy groups -OCH3 is 1. The Morgan fingerprint density at radius 1 is 1.29 bits per heavy atom. The summed E-state index contributed by atoms with van der Waals surface area (Å²) in [6.45, 7) is 0. The quantitative estimate of drug-likeness (QED) is 0.810. The minimum atomic E-state index is 0.581. The minimum absolute atomic E-state index is 0.581. The molecular weight excluding hydrogens is 348 g/mol. The molecule has 1 heterocycles. The van der Waals surface area contributed by atoms with Crippen molar-refractivity contribution in [2.75, 3.05) is 12.8 Å². The van der Waals surface area contributed by atoms with E-state index in [1.54, 1.807) is 18.4 Å². The van der Waals surface area contributed by atoms with Crippen molar-refractivity contribution in [3.63, 3.8) is 0 Å². The van der Waals surface area contributed by atoms with E-state index < -0.39 is 0 Å². The highest BCUT2D eigenvalue weighted by molar-refractivity contribution is 9.10. The van der Waals surface area contributed by atoms with E-state index in [9.17, 15) is 0 Å². The number of nitrogens with two attached hydrogens (primary N) is 1. The zero-order valence-electron chi connectivity index (χ0n) is 12.1. The van der Waals surface area contributed by atoms with Gasteiger partial charge in [-0.2, -0.15) is 0 Å². The first kappa shape index (κ1) is 14.9. The summed E-state index contributed by atoms with van der Waals surface area (Å²) in [5, 5.41) is 1.97. The van der Waals surface area contributed by atoms with Crippen LogP contribution >= 0.6 is 27.3 Å². The Morgan fingerprint density at radius 3 is 2.76 bits per heavy atom. The first-order valence-electron chi connectivity index (χ1n) is 7.29. The van der Waals surface area contributed by atoms with Crippen LogP contribution in [0, 0.1) is 0 Å². The number of anilines is 1. The predicted molar refractivity (Wildman–Crippen MR) is 92.0 cm³/mol. The van der Waals surface area contributed by atoms with E-state index >= 15 is 0 Å². The Kier molecular flexibility index (Phi) is 4.50. The molecule has 0 unspecified atom stereocenters. The van der Waals surface area contributed by atoms with Gasteiger partial charge in [0, 0.05) is 16.0 Å². The van der Waals surface area contributed by atoms with Crippen LogP contribution in [0.5, 0.6) is 5.75 Å². The first-order chi connectivity index (χ1) is 10.2. The average molecular weight is 367 g/mol. The highest BCUT2D eigenvalue weighted by atomic mass is 79.9. The van der Waals surface area contributed by atoms with Crippen molar-refractivity contribution < 1.29 is 4.74 Å². The largest absolute Gasteiger partial charge is 0.496 e. The summed E-state index contributed by atoms with van der Waals surface area (Å²) >= 11 is 5.15. The van der Waals surface area contributed by atoms with Crippen LogP contribution in [0.4, 0.5) is 5.00 Å². The van der Waals surface area contributed by atoms with Crippen molar-refractivity contribution in [3.8, 4) is 17.0 Å². The van der Waals surface area contributed by atoms with Crippen molar-refractivity contribution in [2.24, 2.45) is 0 Å². The van der Waals surface area contributed by atoms with Crippen molar-refractivity contribution in [1.82, 2.24) is 4.98 Å². The third-order valence-electron chi connectivity index (χ3n) is 4.04. The van der Waals surface area contributed by atoms with Crippen LogP contribution < -0.4 is 10.5 Å². The minimum Gasteiger partial charge on any atom is -0.496 e. The van der Waals surface area contributed by atoms with Gasteiger partial charge in [0.15, 0.2) is 0 Å². The van der Waals surface area contributed by atoms with Crippen LogP contribution in [0.25, 0.3) is 11.3 Å². The van der Waals surface area contributed by atoms with E-state index in [-0.39, 0.29) is 0 Å². The van der Waals surface area contributed by atoms with Crippen molar-refractivity contribution in [1.29, 1.82) is 0 Å². The molecule has 1 aromatic carbocycles. The molecule has 1 fully saturated rings. The van der Waals surface area contributed by atoms with Crippen LogP contribution in [-0.2, 0) is 0 Å². The normalized spacial score (nSPS) is 16.1. The topological polar surface area (TPSA) is 48.1 Å². The summed E-state index contributed by atoms with van der Waals surface area (Å²) in [4.78, 5) is 4.85. The molecule has 5 heteroatoms. The molecule has 1 aliphatic carbocycles. The van der Waals surface area contributed by atoms with Gasteiger partial charge >= 0.3 is 0 Å². The van der Waals surface area contributed by atoms with Gasteiger partial charge in [-0.15, -0.1) is 11.3 Å². The lowest BCUT2D eigenvalue weighted by molar-refractivity contribution is 0.416. The molecular formula is C16H19BrN2OS. The Bertz CT molecular complexity index is 635. The van der Waals surface area contributed by atoms with Gasteiger partial charge < -0.3 is 10.5 Å². The molecule has 0 radical (unpaired) electrons. The van der Waals surface area contributed by atoms with Gasteiger partial charge in [0.05, 0.1) is 12.1 Å². The molecule has 2 aromatic rings. The Morgan fingerprint density at radius 2 is 2.05 bits per heavy atom. The third kappa shape index (κ3) is 3.09. The Labute approximate surface area is 137 Å². The molecule has 1 aromatic heterocycles. The zero-order valence-corrected chi connectivity index (χ0v) is 14.5.